The van der Waals surface area contributed by atoms with Crippen LogP contribution in [-0.2, 0) is 9.59 Å². The summed E-state index contributed by atoms with van der Waals surface area (Å²) in [4.78, 5) is 23.6. The molecule has 0 spiro atoms. The molecule has 0 aliphatic carbocycles. The largest absolute Gasteiger partial charge is 0.480 e. The molecule has 0 saturated carbocycles. The van der Waals surface area contributed by atoms with Crippen molar-refractivity contribution in [1.29, 1.82) is 0 Å². The maximum absolute atomic E-state index is 11.4. The molecule has 1 fully saturated rings. The van der Waals surface area contributed by atoms with Crippen LogP contribution in [0.5, 0.6) is 0 Å². The average Bonchev–Trinajstić information content (AvgIpc) is 2.36. The van der Waals surface area contributed by atoms with Gasteiger partial charge in [-0.3, -0.25) is 9.59 Å². The molecule has 1 saturated heterocycles. The second-order valence-electron chi connectivity index (χ2n) is 3.15. The van der Waals surface area contributed by atoms with E-state index < -0.39 is 11.2 Å². The molecule has 0 aromatic rings. The fourth-order valence-electron chi connectivity index (χ4n) is 1.22. The Labute approximate surface area is 81.3 Å². The normalized spacial score (nSPS) is 24.9. The minimum Gasteiger partial charge on any atom is -0.480 e. The first-order valence-corrected chi connectivity index (χ1v) is 5.10. The molecule has 2 unspecified atom stereocenters. The molecule has 1 rings (SSSR count). The number of amides is 1. The third kappa shape index (κ3) is 2.37. The minimum absolute atomic E-state index is 0.0538. The van der Waals surface area contributed by atoms with E-state index in [1.807, 2.05) is 0 Å². The molecule has 1 aliphatic heterocycles. The number of thioether (sulfide) groups is 1. The standard InChI is InChI=1S/C8H13NO3S/c1-5(8(11)12)13-6-3-4-9(2)7(6)10/h5-6H,3-4H2,1-2H3,(H,11,12). The Morgan fingerprint density at radius 2 is 2.38 bits per heavy atom. The summed E-state index contributed by atoms with van der Waals surface area (Å²) in [6.45, 7) is 2.35. The van der Waals surface area contributed by atoms with Crippen molar-refractivity contribution in [2.24, 2.45) is 0 Å². The zero-order valence-corrected chi connectivity index (χ0v) is 8.50. The van der Waals surface area contributed by atoms with E-state index in [1.54, 1.807) is 18.9 Å². The fraction of sp³-hybridized carbons (Fsp3) is 0.750. The van der Waals surface area contributed by atoms with Gasteiger partial charge < -0.3 is 10.0 Å². The second-order valence-corrected chi connectivity index (χ2v) is 4.70. The molecule has 5 heteroatoms. The first kappa shape index (κ1) is 10.4. The summed E-state index contributed by atoms with van der Waals surface area (Å²) in [7, 11) is 1.74. The summed E-state index contributed by atoms with van der Waals surface area (Å²) in [5.41, 5.74) is 0. The molecule has 0 aromatic heterocycles. The molecule has 13 heavy (non-hydrogen) atoms. The van der Waals surface area contributed by atoms with Gasteiger partial charge in [0, 0.05) is 13.6 Å². The quantitative estimate of drug-likeness (QED) is 0.722. The fourth-order valence-corrected chi connectivity index (χ4v) is 2.37. The number of aliphatic carboxylic acids is 1. The Morgan fingerprint density at radius 3 is 2.77 bits per heavy atom. The van der Waals surface area contributed by atoms with Crippen LogP contribution in [0, 0.1) is 0 Å². The monoisotopic (exact) mass is 203 g/mol. The predicted octanol–water partition coefficient (Wildman–Crippen LogP) is 0.423. The Hall–Kier alpha value is -0.710. The first-order valence-electron chi connectivity index (χ1n) is 4.15. The third-order valence-corrected chi connectivity index (χ3v) is 3.47. The number of hydrogen-bond donors (Lipinski definition) is 1. The summed E-state index contributed by atoms with van der Waals surface area (Å²) in [6, 6.07) is 0. The predicted molar refractivity (Wildman–Crippen MR) is 50.7 cm³/mol. The van der Waals surface area contributed by atoms with Crippen LogP contribution in [0.25, 0.3) is 0 Å². The maximum Gasteiger partial charge on any atom is 0.316 e. The van der Waals surface area contributed by atoms with E-state index in [0.29, 0.717) is 0 Å². The van der Waals surface area contributed by atoms with Crippen molar-refractivity contribution < 1.29 is 14.7 Å². The maximum atomic E-state index is 11.4. The van der Waals surface area contributed by atoms with Crippen molar-refractivity contribution in [3.8, 4) is 0 Å². The highest BCUT2D eigenvalue weighted by atomic mass is 32.2. The number of likely N-dealkylation sites (tertiary alicyclic amines) is 1. The zero-order chi connectivity index (χ0) is 10.0. The number of carboxylic acids is 1. The molecule has 1 aliphatic rings. The van der Waals surface area contributed by atoms with E-state index >= 15 is 0 Å². The van der Waals surface area contributed by atoms with Gasteiger partial charge in [-0.2, -0.15) is 0 Å². The van der Waals surface area contributed by atoms with Gasteiger partial charge in [0.05, 0.1) is 5.25 Å². The molecule has 0 bridgehead atoms. The SMILES string of the molecule is CC(SC1CCN(C)C1=O)C(=O)O. The summed E-state index contributed by atoms with van der Waals surface area (Å²) >= 11 is 1.24. The highest BCUT2D eigenvalue weighted by Gasteiger charge is 2.32. The number of rotatable bonds is 3. The van der Waals surface area contributed by atoms with Gasteiger partial charge in [-0.05, 0) is 13.3 Å². The Bertz CT molecular complexity index is 231. The lowest BCUT2D eigenvalue weighted by atomic mass is 10.4. The van der Waals surface area contributed by atoms with Crippen LogP contribution in [0.2, 0.25) is 0 Å². The van der Waals surface area contributed by atoms with Crippen LogP contribution >= 0.6 is 11.8 Å². The van der Waals surface area contributed by atoms with E-state index in [0.717, 1.165) is 13.0 Å². The lowest BCUT2D eigenvalue weighted by Crippen LogP contribution is -2.26. The van der Waals surface area contributed by atoms with E-state index in [-0.39, 0.29) is 11.2 Å². The topological polar surface area (TPSA) is 57.6 Å². The Balaban J connectivity index is 2.47. The van der Waals surface area contributed by atoms with Gasteiger partial charge in [0.25, 0.3) is 0 Å². The van der Waals surface area contributed by atoms with Crippen molar-refractivity contribution in [1.82, 2.24) is 4.90 Å². The summed E-state index contributed by atoms with van der Waals surface area (Å²) < 4.78 is 0. The molecular weight excluding hydrogens is 190 g/mol. The highest BCUT2D eigenvalue weighted by molar-refractivity contribution is 8.01. The molecule has 1 N–H and O–H groups in total. The zero-order valence-electron chi connectivity index (χ0n) is 7.69. The van der Waals surface area contributed by atoms with Crippen LogP contribution < -0.4 is 0 Å². The van der Waals surface area contributed by atoms with Crippen LogP contribution in [0.3, 0.4) is 0 Å². The van der Waals surface area contributed by atoms with Gasteiger partial charge in [0.15, 0.2) is 0 Å². The number of carboxylic acid groups (broad SMARTS) is 1. The lowest BCUT2D eigenvalue weighted by Gasteiger charge is -2.12. The Morgan fingerprint density at radius 1 is 1.77 bits per heavy atom. The molecule has 74 valence electrons. The van der Waals surface area contributed by atoms with Crippen molar-refractivity contribution in [2.45, 2.75) is 23.8 Å². The van der Waals surface area contributed by atoms with Crippen molar-refractivity contribution in [3.63, 3.8) is 0 Å². The van der Waals surface area contributed by atoms with E-state index in [2.05, 4.69) is 0 Å². The van der Waals surface area contributed by atoms with Crippen molar-refractivity contribution in [3.05, 3.63) is 0 Å². The number of carbonyl (C=O) groups excluding carboxylic acids is 1. The molecule has 1 heterocycles. The number of carbonyl (C=O) groups is 2. The number of nitrogens with zero attached hydrogens (tertiary/aromatic N) is 1. The van der Waals surface area contributed by atoms with Crippen LogP contribution in [-0.4, -0.2) is 46.0 Å². The van der Waals surface area contributed by atoms with Crippen LogP contribution in [0.15, 0.2) is 0 Å². The highest BCUT2D eigenvalue weighted by Crippen LogP contribution is 2.26. The second kappa shape index (κ2) is 4.00. The van der Waals surface area contributed by atoms with Gasteiger partial charge in [-0.25, -0.2) is 0 Å². The average molecular weight is 203 g/mol. The summed E-state index contributed by atoms with van der Waals surface area (Å²) in [5.74, 6) is -0.801. The lowest BCUT2D eigenvalue weighted by molar-refractivity contribution is -0.136. The van der Waals surface area contributed by atoms with Gasteiger partial charge in [-0.15, -0.1) is 11.8 Å². The van der Waals surface area contributed by atoms with E-state index in [9.17, 15) is 9.59 Å². The molecule has 1 amide bonds. The van der Waals surface area contributed by atoms with E-state index in [1.165, 1.54) is 11.8 Å². The summed E-state index contributed by atoms with van der Waals surface area (Å²) in [6.07, 6.45) is 0.762. The van der Waals surface area contributed by atoms with E-state index in [4.69, 9.17) is 5.11 Å². The smallest absolute Gasteiger partial charge is 0.316 e. The summed E-state index contributed by atoms with van der Waals surface area (Å²) in [5, 5.41) is 7.99. The molecule has 0 radical (unpaired) electrons. The minimum atomic E-state index is -0.854. The van der Waals surface area contributed by atoms with Crippen molar-refractivity contribution >= 4 is 23.6 Å². The van der Waals surface area contributed by atoms with Gasteiger partial charge in [0.2, 0.25) is 5.91 Å². The molecule has 0 aromatic carbocycles. The first-order chi connectivity index (χ1) is 6.02. The van der Waals surface area contributed by atoms with Gasteiger partial charge >= 0.3 is 5.97 Å². The van der Waals surface area contributed by atoms with Gasteiger partial charge in [-0.1, -0.05) is 0 Å². The molecule has 2 atom stereocenters. The third-order valence-electron chi connectivity index (χ3n) is 2.09. The van der Waals surface area contributed by atoms with Crippen LogP contribution in [0.4, 0.5) is 0 Å². The van der Waals surface area contributed by atoms with Crippen molar-refractivity contribution in [2.75, 3.05) is 13.6 Å². The Kier molecular flexibility index (Phi) is 3.19. The number of hydrogen-bond acceptors (Lipinski definition) is 3. The molecular formula is C8H13NO3S. The van der Waals surface area contributed by atoms with Gasteiger partial charge in [0.1, 0.15) is 5.25 Å². The molecule has 4 nitrogen and oxygen atoms in total. The van der Waals surface area contributed by atoms with Crippen LogP contribution in [0.1, 0.15) is 13.3 Å².